The van der Waals surface area contributed by atoms with Gasteiger partial charge in [-0.1, -0.05) is 23.4 Å². The zero-order chi connectivity index (χ0) is 13.5. The molecule has 0 aliphatic heterocycles. The Kier molecular flexibility index (Phi) is 7.65. The maximum atomic E-state index is 5.25. The van der Waals surface area contributed by atoms with Gasteiger partial charge in [-0.15, -0.1) is 24.2 Å². The number of hydrogen-bond acceptors (Lipinski definition) is 5. The first-order chi connectivity index (χ1) is 9.28. The highest BCUT2D eigenvalue weighted by Crippen LogP contribution is 2.18. The molecule has 1 unspecified atom stereocenters. The van der Waals surface area contributed by atoms with Crippen molar-refractivity contribution < 1.29 is 4.52 Å². The van der Waals surface area contributed by atoms with Crippen LogP contribution >= 0.6 is 24.2 Å². The lowest BCUT2D eigenvalue weighted by atomic mass is 10.2. The van der Waals surface area contributed by atoms with Crippen molar-refractivity contribution in [3.63, 3.8) is 0 Å². The smallest absolute Gasteiger partial charge is 0.227 e. The Hall–Kier alpha value is -1.04. The fraction of sp³-hybridized carbons (Fsp3) is 0.429. The molecule has 0 saturated heterocycles. The van der Waals surface area contributed by atoms with E-state index in [1.807, 2.05) is 25.2 Å². The van der Waals surface area contributed by atoms with Crippen molar-refractivity contribution in [3.05, 3.63) is 42.0 Å². The molecule has 6 heteroatoms. The van der Waals surface area contributed by atoms with Gasteiger partial charge in [0.15, 0.2) is 5.82 Å². The van der Waals surface area contributed by atoms with E-state index in [0.717, 1.165) is 30.3 Å². The zero-order valence-electron chi connectivity index (χ0n) is 11.7. The third kappa shape index (κ3) is 5.53. The van der Waals surface area contributed by atoms with Crippen molar-refractivity contribution in [2.45, 2.75) is 30.7 Å². The summed E-state index contributed by atoms with van der Waals surface area (Å²) in [5.41, 5.74) is 0. The SMILES string of the molecule is CNC(C)Cc1noc(CCSc2ccccc2)n1.Cl. The van der Waals surface area contributed by atoms with Crippen molar-refractivity contribution in [2.75, 3.05) is 12.8 Å². The van der Waals surface area contributed by atoms with E-state index in [2.05, 4.69) is 34.5 Å². The number of hydrogen-bond donors (Lipinski definition) is 1. The molecule has 0 spiro atoms. The molecule has 1 heterocycles. The average molecular weight is 314 g/mol. The highest BCUT2D eigenvalue weighted by atomic mass is 35.5. The summed E-state index contributed by atoms with van der Waals surface area (Å²) >= 11 is 1.80. The van der Waals surface area contributed by atoms with Crippen LogP contribution in [0.3, 0.4) is 0 Å². The Morgan fingerprint density at radius 1 is 1.30 bits per heavy atom. The van der Waals surface area contributed by atoms with Crippen LogP contribution in [0.4, 0.5) is 0 Å². The fourth-order valence-electron chi connectivity index (χ4n) is 1.62. The summed E-state index contributed by atoms with van der Waals surface area (Å²) in [6.07, 6.45) is 1.60. The lowest BCUT2D eigenvalue weighted by Gasteiger charge is -2.04. The number of aryl methyl sites for hydroxylation is 1. The minimum absolute atomic E-state index is 0. The van der Waals surface area contributed by atoms with Crippen molar-refractivity contribution in [2.24, 2.45) is 0 Å². The number of nitrogens with zero attached hydrogens (tertiary/aromatic N) is 2. The molecule has 1 atom stereocenters. The predicted octanol–water partition coefficient (Wildman–Crippen LogP) is 2.98. The summed E-state index contributed by atoms with van der Waals surface area (Å²) in [6, 6.07) is 10.7. The zero-order valence-corrected chi connectivity index (χ0v) is 13.3. The second kappa shape index (κ2) is 9.00. The Balaban J connectivity index is 0.00000200. The number of benzene rings is 1. The van der Waals surface area contributed by atoms with Gasteiger partial charge < -0.3 is 9.84 Å². The van der Waals surface area contributed by atoms with E-state index < -0.39 is 0 Å². The summed E-state index contributed by atoms with van der Waals surface area (Å²) in [4.78, 5) is 5.67. The van der Waals surface area contributed by atoms with Crippen LogP contribution in [0.15, 0.2) is 39.8 Å². The van der Waals surface area contributed by atoms with Gasteiger partial charge in [-0.25, -0.2) is 0 Å². The summed E-state index contributed by atoms with van der Waals surface area (Å²) in [5.74, 6) is 2.45. The average Bonchev–Trinajstić information content (AvgIpc) is 2.87. The van der Waals surface area contributed by atoms with E-state index in [-0.39, 0.29) is 12.4 Å². The number of halogens is 1. The normalized spacial score (nSPS) is 11.9. The molecule has 0 saturated carbocycles. The monoisotopic (exact) mass is 313 g/mol. The van der Waals surface area contributed by atoms with Crippen LogP contribution in [0.1, 0.15) is 18.6 Å². The molecule has 110 valence electrons. The third-order valence-corrected chi connectivity index (χ3v) is 3.83. The quantitative estimate of drug-likeness (QED) is 0.796. The summed E-state index contributed by atoms with van der Waals surface area (Å²) < 4.78 is 5.25. The molecular formula is C14H20ClN3OS. The summed E-state index contributed by atoms with van der Waals surface area (Å²) in [6.45, 7) is 2.10. The van der Waals surface area contributed by atoms with Gasteiger partial charge in [0, 0.05) is 29.5 Å². The molecule has 4 nitrogen and oxygen atoms in total. The molecule has 0 aliphatic rings. The number of likely N-dealkylation sites (N-methyl/N-ethyl adjacent to an activating group) is 1. The maximum absolute atomic E-state index is 5.25. The third-order valence-electron chi connectivity index (χ3n) is 2.82. The van der Waals surface area contributed by atoms with Gasteiger partial charge in [0.1, 0.15) is 0 Å². The molecule has 2 rings (SSSR count). The van der Waals surface area contributed by atoms with E-state index in [0.29, 0.717) is 6.04 Å². The first kappa shape index (κ1) is 17.0. The van der Waals surface area contributed by atoms with E-state index >= 15 is 0 Å². The van der Waals surface area contributed by atoms with E-state index in [9.17, 15) is 0 Å². The van der Waals surface area contributed by atoms with Crippen LogP contribution < -0.4 is 5.32 Å². The van der Waals surface area contributed by atoms with Gasteiger partial charge >= 0.3 is 0 Å². The van der Waals surface area contributed by atoms with Crippen molar-refractivity contribution in [1.82, 2.24) is 15.5 Å². The van der Waals surface area contributed by atoms with Crippen molar-refractivity contribution >= 4 is 24.2 Å². The van der Waals surface area contributed by atoms with Gasteiger partial charge in [-0.2, -0.15) is 4.98 Å². The van der Waals surface area contributed by atoms with Crippen LogP contribution in [0, 0.1) is 0 Å². The number of rotatable bonds is 7. The van der Waals surface area contributed by atoms with Gasteiger partial charge in [-0.05, 0) is 26.1 Å². The lowest BCUT2D eigenvalue weighted by Crippen LogP contribution is -2.24. The fourth-order valence-corrected chi connectivity index (χ4v) is 2.49. The van der Waals surface area contributed by atoms with Crippen LogP contribution in [0.5, 0.6) is 0 Å². The van der Waals surface area contributed by atoms with Crippen molar-refractivity contribution in [3.8, 4) is 0 Å². The minimum Gasteiger partial charge on any atom is -0.339 e. The molecule has 0 amide bonds. The topological polar surface area (TPSA) is 51.0 Å². The predicted molar refractivity (Wildman–Crippen MR) is 84.6 cm³/mol. The molecule has 0 bridgehead atoms. The first-order valence-electron chi connectivity index (χ1n) is 6.44. The molecule has 20 heavy (non-hydrogen) atoms. The molecule has 1 aromatic carbocycles. The van der Waals surface area contributed by atoms with Gasteiger partial charge in [-0.3, -0.25) is 0 Å². The van der Waals surface area contributed by atoms with Gasteiger partial charge in [0.05, 0.1) is 0 Å². The van der Waals surface area contributed by atoms with Crippen LogP contribution in [0.2, 0.25) is 0 Å². The minimum atomic E-state index is 0. The van der Waals surface area contributed by atoms with Gasteiger partial charge in [0.25, 0.3) is 0 Å². The van der Waals surface area contributed by atoms with Crippen molar-refractivity contribution in [1.29, 1.82) is 0 Å². The number of thioether (sulfide) groups is 1. The van der Waals surface area contributed by atoms with Crippen LogP contribution in [-0.4, -0.2) is 29.0 Å². The number of nitrogens with one attached hydrogen (secondary N) is 1. The molecule has 0 fully saturated rings. The molecule has 0 radical (unpaired) electrons. The maximum Gasteiger partial charge on any atom is 0.227 e. The Labute approximate surface area is 130 Å². The molecule has 1 N–H and O–H groups in total. The van der Waals surface area contributed by atoms with E-state index in [1.165, 1.54) is 4.90 Å². The summed E-state index contributed by atoms with van der Waals surface area (Å²) in [5, 5.41) is 7.16. The van der Waals surface area contributed by atoms with Crippen LogP contribution in [0.25, 0.3) is 0 Å². The highest BCUT2D eigenvalue weighted by molar-refractivity contribution is 7.99. The second-order valence-corrected chi connectivity index (χ2v) is 5.58. The highest BCUT2D eigenvalue weighted by Gasteiger charge is 2.09. The van der Waals surface area contributed by atoms with Gasteiger partial charge in [0.2, 0.25) is 5.89 Å². The van der Waals surface area contributed by atoms with E-state index in [1.54, 1.807) is 11.8 Å². The molecule has 1 aromatic heterocycles. The lowest BCUT2D eigenvalue weighted by molar-refractivity contribution is 0.375. The van der Waals surface area contributed by atoms with E-state index in [4.69, 9.17) is 4.52 Å². The second-order valence-electron chi connectivity index (χ2n) is 4.41. The van der Waals surface area contributed by atoms with Crippen LogP contribution in [-0.2, 0) is 12.8 Å². The number of aromatic nitrogens is 2. The standard InChI is InChI=1S/C14H19N3OS.ClH/c1-11(15-2)10-13-16-14(18-17-13)8-9-19-12-6-4-3-5-7-12;/h3-7,11,15H,8-10H2,1-2H3;1H. The molecule has 0 aliphatic carbocycles. The largest absolute Gasteiger partial charge is 0.339 e. The Bertz CT molecular complexity index is 492. The Morgan fingerprint density at radius 2 is 2.05 bits per heavy atom. The first-order valence-corrected chi connectivity index (χ1v) is 7.43. The molecular weight excluding hydrogens is 294 g/mol. The Morgan fingerprint density at radius 3 is 2.75 bits per heavy atom. The molecule has 2 aromatic rings. The summed E-state index contributed by atoms with van der Waals surface area (Å²) in [7, 11) is 1.93.